The molecule has 0 saturated carbocycles. The maximum atomic E-state index is 10.7. The third-order valence-electron chi connectivity index (χ3n) is 2.21. The zero-order valence-electron chi connectivity index (χ0n) is 10.6. The molecule has 0 radical (unpaired) electrons. The van der Waals surface area contributed by atoms with Crippen LogP contribution in [0.25, 0.3) is 0 Å². The Labute approximate surface area is 107 Å². The zero-order chi connectivity index (χ0) is 13.8. The van der Waals surface area contributed by atoms with E-state index in [1.165, 1.54) is 18.9 Å². The summed E-state index contributed by atoms with van der Waals surface area (Å²) in [5, 5.41) is 17.2. The van der Waals surface area contributed by atoms with Crippen LogP contribution in [0.4, 0.5) is 0 Å². The lowest BCUT2D eigenvalue weighted by Crippen LogP contribution is -2.01. The molecule has 0 aliphatic rings. The standard InChI is InChI=1S/C14H20O4/c1-2-3-4-5-6-7-8-9-10-12(14(17)18)11-13(15)16/h5-6,9-11H,2-4,7-8H2,1H3,(H,15,16)(H,17,18). The van der Waals surface area contributed by atoms with Crippen LogP contribution >= 0.6 is 0 Å². The van der Waals surface area contributed by atoms with E-state index < -0.39 is 11.9 Å². The number of carboxylic acids is 2. The highest BCUT2D eigenvalue weighted by Crippen LogP contribution is 2.02. The van der Waals surface area contributed by atoms with Crippen LogP contribution in [-0.4, -0.2) is 22.2 Å². The second kappa shape index (κ2) is 10.3. The maximum absolute atomic E-state index is 10.7. The minimum atomic E-state index is -1.25. The number of aliphatic carboxylic acids is 2. The van der Waals surface area contributed by atoms with Gasteiger partial charge in [-0.15, -0.1) is 0 Å². The molecule has 0 aromatic carbocycles. The van der Waals surface area contributed by atoms with Crippen LogP contribution in [-0.2, 0) is 9.59 Å². The molecule has 0 aromatic rings. The monoisotopic (exact) mass is 252 g/mol. The molecule has 18 heavy (non-hydrogen) atoms. The summed E-state index contributed by atoms with van der Waals surface area (Å²) in [5.74, 6) is -2.48. The number of hydrogen-bond donors (Lipinski definition) is 2. The molecule has 4 heteroatoms. The Hall–Kier alpha value is -1.84. The summed E-state index contributed by atoms with van der Waals surface area (Å²) in [4.78, 5) is 21.0. The van der Waals surface area contributed by atoms with Gasteiger partial charge in [0.25, 0.3) is 0 Å². The van der Waals surface area contributed by atoms with Gasteiger partial charge in [0.2, 0.25) is 0 Å². The first kappa shape index (κ1) is 16.2. The second-order valence-corrected chi connectivity index (χ2v) is 3.84. The lowest BCUT2D eigenvalue weighted by Gasteiger charge is -1.93. The molecule has 0 aliphatic heterocycles. The molecule has 0 aromatic heterocycles. The van der Waals surface area contributed by atoms with Gasteiger partial charge in [-0.25, -0.2) is 9.59 Å². The van der Waals surface area contributed by atoms with Gasteiger partial charge in [-0.05, 0) is 19.3 Å². The zero-order valence-corrected chi connectivity index (χ0v) is 10.6. The minimum Gasteiger partial charge on any atom is -0.478 e. The number of allylic oxidation sites excluding steroid dienone is 3. The molecule has 0 unspecified atom stereocenters. The van der Waals surface area contributed by atoms with Crippen molar-refractivity contribution in [3.8, 4) is 0 Å². The highest BCUT2D eigenvalue weighted by molar-refractivity contribution is 5.96. The Morgan fingerprint density at radius 1 is 1.00 bits per heavy atom. The van der Waals surface area contributed by atoms with Gasteiger partial charge in [-0.1, -0.05) is 44.1 Å². The van der Waals surface area contributed by atoms with Gasteiger partial charge in [0.05, 0.1) is 5.57 Å². The Morgan fingerprint density at radius 3 is 2.17 bits per heavy atom. The first-order valence-electron chi connectivity index (χ1n) is 6.07. The molecule has 2 N–H and O–H groups in total. The summed E-state index contributed by atoms with van der Waals surface area (Å²) < 4.78 is 0. The van der Waals surface area contributed by atoms with Crippen LogP contribution in [0.15, 0.2) is 36.0 Å². The topological polar surface area (TPSA) is 74.6 Å². The van der Waals surface area contributed by atoms with Crippen molar-refractivity contribution in [3.63, 3.8) is 0 Å². The average molecular weight is 252 g/mol. The first-order valence-corrected chi connectivity index (χ1v) is 6.07. The summed E-state index contributed by atoms with van der Waals surface area (Å²) in [6.07, 6.45) is 12.8. The van der Waals surface area contributed by atoms with Gasteiger partial charge >= 0.3 is 11.9 Å². The average Bonchev–Trinajstić information content (AvgIpc) is 2.30. The molecular weight excluding hydrogens is 232 g/mol. The largest absolute Gasteiger partial charge is 0.478 e. The molecule has 0 rings (SSSR count). The molecule has 0 saturated heterocycles. The first-order chi connectivity index (χ1) is 8.57. The summed E-state index contributed by atoms with van der Waals surface area (Å²) in [7, 11) is 0. The Morgan fingerprint density at radius 2 is 1.61 bits per heavy atom. The molecule has 100 valence electrons. The molecule has 0 atom stereocenters. The highest BCUT2D eigenvalue weighted by Gasteiger charge is 2.04. The van der Waals surface area contributed by atoms with E-state index in [0.29, 0.717) is 12.5 Å². The molecule has 0 heterocycles. The molecule has 0 bridgehead atoms. The summed E-state index contributed by atoms with van der Waals surface area (Å²) in [6.45, 7) is 2.14. The molecule has 4 nitrogen and oxygen atoms in total. The van der Waals surface area contributed by atoms with Gasteiger partial charge in [0.1, 0.15) is 0 Å². The lowest BCUT2D eigenvalue weighted by atomic mass is 10.2. The maximum Gasteiger partial charge on any atom is 0.335 e. The molecule has 0 aliphatic carbocycles. The summed E-state index contributed by atoms with van der Waals surface area (Å²) in [6, 6.07) is 0. The SMILES string of the molecule is CCCCC=CCCC=CC(=CC(=O)O)C(=O)O. The van der Waals surface area contributed by atoms with E-state index in [9.17, 15) is 9.59 Å². The fourth-order valence-corrected chi connectivity index (χ4v) is 1.27. The van der Waals surface area contributed by atoms with Crippen molar-refractivity contribution in [1.82, 2.24) is 0 Å². The van der Waals surface area contributed by atoms with E-state index in [-0.39, 0.29) is 5.57 Å². The van der Waals surface area contributed by atoms with Crippen LogP contribution in [0.2, 0.25) is 0 Å². The van der Waals surface area contributed by atoms with Crippen molar-refractivity contribution in [2.45, 2.75) is 39.0 Å². The van der Waals surface area contributed by atoms with Gasteiger partial charge in [0, 0.05) is 6.08 Å². The van der Waals surface area contributed by atoms with Crippen molar-refractivity contribution in [3.05, 3.63) is 36.0 Å². The molecule has 0 spiro atoms. The molecule has 0 fully saturated rings. The predicted molar refractivity (Wildman–Crippen MR) is 70.4 cm³/mol. The van der Waals surface area contributed by atoms with Gasteiger partial charge in [-0.3, -0.25) is 0 Å². The summed E-state index contributed by atoms with van der Waals surface area (Å²) >= 11 is 0. The van der Waals surface area contributed by atoms with Crippen LogP contribution in [0.1, 0.15) is 39.0 Å². The Balaban J connectivity index is 4.03. The smallest absolute Gasteiger partial charge is 0.335 e. The van der Waals surface area contributed by atoms with Crippen LogP contribution in [0.5, 0.6) is 0 Å². The van der Waals surface area contributed by atoms with Crippen LogP contribution < -0.4 is 0 Å². The van der Waals surface area contributed by atoms with E-state index in [1.54, 1.807) is 6.08 Å². The third kappa shape index (κ3) is 9.39. The van der Waals surface area contributed by atoms with Crippen molar-refractivity contribution in [2.75, 3.05) is 0 Å². The number of carbonyl (C=O) groups is 2. The van der Waals surface area contributed by atoms with Crippen molar-refractivity contribution in [1.29, 1.82) is 0 Å². The molecule has 0 amide bonds. The van der Waals surface area contributed by atoms with Crippen molar-refractivity contribution >= 4 is 11.9 Å². The molecular formula is C14H20O4. The van der Waals surface area contributed by atoms with Gasteiger partial charge in [-0.2, -0.15) is 0 Å². The van der Waals surface area contributed by atoms with E-state index in [4.69, 9.17) is 10.2 Å². The fourth-order valence-electron chi connectivity index (χ4n) is 1.27. The van der Waals surface area contributed by atoms with E-state index in [2.05, 4.69) is 19.1 Å². The fraction of sp³-hybridized carbons (Fsp3) is 0.429. The van der Waals surface area contributed by atoms with Crippen LogP contribution in [0, 0.1) is 0 Å². The van der Waals surface area contributed by atoms with E-state index in [0.717, 1.165) is 12.8 Å². The minimum absolute atomic E-state index is 0.211. The summed E-state index contributed by atoms with van der Waals surface area (Å²) in [5.41, 5.74) is -0.211. The van der Waals surface area contributed by atoms with E-state index >= 15 is 0 Å². The third-order valence-corrected chi connectivity index (χ3v) is 2.21. The number of carboxylic acid groups (broad SMARTS) is 2. The quantitative estimate of drug-likeness (QED) is 0.286. The van der Waals surface area contributed by atoms with E-state index in [1.807, 2.05) is 0 Å². The normalized spacial score (nSPS) is 12.4. The Kier molecular flexibility index (Phi) is 9.27. The van der Waals surface area contributed by atoms with Gasteiger partial charge in [0.15, 0.2) is 0 Å². The van der Waals surface area contributed by atoms with Crippen molar-refractivity contribution < 1.29 is 19.8 Å². The highest BCUT2D eigenvalue weighted by atomic mass is 16.4. The van der Waals surface area contributed by atoms with Crippen LogP contribution in [0.3, 0.4) is 0 Å². The lowest BCUT2D eigenvalue weighted by molar-refractivity contribution is -0.134. The number of unbranched alkanes of at least 4 members (excludes halogenated alkanes) is 3. The van der Waals surface area contributed by atoms with Crippen molar-refractivity contribution in [2.24, 2.45) is 0 Å². The number of hydrogen-bond acceptors (Lipinski definition) is 2. The second-order valence-electron chi connectivity index (χ2n) is 3.84. The Bertz CT molecular complexity index is 351. The predicted octanol–water partition coefficient (Wildman–Crippen LogP) is 3.16. The van der Waals surface area contributed by atoms with Gasteiger partial charge < -0.3 is 10.2 Å². The number of rotatable bonds is 9.